The summed E-state index contributed by atoms with van der Waals surface area (Å²) in [6.07, 6.45) is 3.14. The molecule has 2 aromatic rings. The molecule has 1 saturated heterocycles. The van der Waals surface area contributed by atoms with Gasteiger partial charge < -0.3 is 4.90 Å². The van der Waals surface area contributed by atoms with Crippen molar-refractivity contribution in [2.24, 2.45) is 5.92 Å². The number of rotatable bonds is 8. The van der Waals surface area contributed by atoms with Gasteiger partial charge in [-0.25, -0.2) is 13.1 Å². The summed E-state index contributed by atoms with van der Waals surface area (Å²) in [6.45, 7) is 7.54. The molecule has 158 valence electrons. The van der Waals surface area contributed by atoms with Gasteiger partial charge in [0.15, 0.2) is 0 Å². The van der Waals surface area contributed by atoms with Crippen LogP contribution in [-0.4, -0.2) is 55.6 Å². The fourth-order valence-corrected chi connectivity index (χ4v) is 5.19. The molecule has 0 bridgehead atoms. The van der Waals surface area contributed by atoms with Gasteiger partial charge in [0.1, 0.15) is 0 Å². The topological polar surface area (TPSA) is 104 Å². The molecule has 2 N–H and O–H groups in total. The molecule has 0 unspecified atom stereocenters. The van der Waals surface area contributed by atoms with E-state index in [1.165, 1.54) is 12.8 Å². The number of sulfonamides is 1. The molecule has 1 amide bonds. The first kappa shape index (κ1) is 21.8. The SMILES string of the molecule is Cc1cccc(C(=O)Nc2nnc(S(=O)(=O)NCCCN3CCC(C)CC3)s2)c1. The van der Waals surface area contributed by atoms with Gasteiger partial charge in [-0.1, -0.05) is 36.0 Å². The van der Waals surface area contributed by atoms with Crippen molar-refractivity contribution in [1.82, 2.24) is 19.8 Å². The van der Waals surface area contributed by atoms with E-state index >= 15 is 0 Å². The fraction of sp³-hybridized carbons (Fsp3) is 0.526. The minimum atomic E-state index is -3.73. The van der Waals surface area contributed by atoms with Crippen LogP contribution in [0, 0.1) is 12.8 Å². The Morgan fingerprint density at radius 2 is 2.03 bits per heavy atom. The van der Waals surface area contributed by atoms with Gasteiger partial charge in [0.05, 0.1) is 0 Å². The van der Waals surface area contributed by atoms with Crippen LogP contribution in [0.5, 0.6) is 0 Å². The van der Waals surface area contributed by atoms with Gasteiger partial charge in [-0.15, -0.1) is 10.2 Å². The Kier molecular flexibility index (Phi) is 7.33. The fourth-order valence-electron chi connectivity index (χ4n) is 3.18. The third-order valence-corrected chi connectivity index (χ3v) is 7.62. The molecule has 8 nitrogen and oxygen atoms in total. The second-order valence-corrected chi connectivity index (χ2v) is 10.4. The molecule has 3 rings (SSSR count). The van der Waals surface area contributed by atoms with E-state index in [9.17, 15) is 13.2 Å². The number of aryl methyl sites for hydroxylation is 1. The quantitative estimate of drug-likeness (QED) is 0.486. The lowest BCUT2D eigenvalue weighted by Gasteiger charge is -2.30. The number of nitrogens with one attached hydrogen (secondary N) is 2. The van der Waals surface area contributed by atoms with E-state index in [-0.39, 0.29) is 15.4 Å². The molecule has 10 heteroatoms. The average molecular weight is 438 g/mol. The van der Waals surface area contributed by atoms with E-state index in [2.05, 4.69) is 32.1 Å². The number of hydrogen-bond donors (Lipinski definition) is 2. The highest BCUT2D eigenvalue weighted by Crippen LogP contribution is 2.21. The Hall–Kier alpha value is -1.88. The van der Waals surface area contributed by atoms with Gasteiger partial charge in [-0.3, -0.25) is 10.1 Å². The zero-order chi connectivity index (χ0) is 20.9. The Morgan fingerprint density at radius 1 is 1.28 bits per heavy atom. The maximum absolute atomic E-state index is 12.4. The van der Waals surface area contributed by atoms with Crippen LogP contribution in [0.4, 0.5) is 5.13 Å². The van der Waals surface area contributed by atoms with Crippen LogP contribution in [-0.2, 0) is 10.0 Å². The second-order valence-electron chi connectivity index (χ2n) is 7.47. The maximum Gasteiger partial charge on any atom is 0.269 e. The van der Waals surface area contributed by atoms with Gasteiger partial charge in [0.25, 0.3) is 15.9 Å². The first-order chi connectivity index (χ1) is 13.8. The van der Waals surface area contributed by atoms with Gasteiger partial charge in [0.2, 0.25) is 9.47 Å². The zero-order valence-corrected chi connectivity index (χ0v) is 18.4. The second kappa shape index (κ2) is 9.75. The highest BCUT2D eigenvalue weighted by atomic mass is 32.2. The van der Waals surface area contributed by atoms with E-state index in [1.807, 2.05) is 13.0 Å². The van der Waals surface area contributed by atoms with Crippen molar-refractivity contribution in [1.29, 1.82) is 0 Å². The molecule has 1 aliphatic heterocycles. The third-order valence-electron chi connectivity index (χ3n) is 4.96. The smallest absolute Gasteiger partial charge is 0.269 e. The molecule has 0 spiro atoms. The van der Waals surface area contributed by atoms with E-state index in [0.717, 1.165) is 48.9 Å². The molecular formula is C19H27N5O3S2. The van der Waals surface area contributed by atoms with Crippen molar-refractivity contribution >= 4 is 32.4 Å². The van der Waals surface area contributed by atoms with E-state index in [0.29, 0.717) is 12.1 Å². The molecule has 0 aliphatic carbocycles. The molecule has 1 fully saturated rings. The summed E-state index contributed by atoms with van der Waals surface area (Å²) in [4.78, 5) is 14.6. The van der Waals surface area contributed by atoms with Gasteiger partial charge in [-0.05, 0) is 63.9 Å². The summed E-state index contributed by atoms with van der Waals surface area (Å²) in [5.41, 5.74) is 1.44. The summed E-state index contributed by atoms with van der Waals surface area (Å²) in [7, 11) is -3.73. The van der Waals surface area contributed by atoms with Crippen LogP contribution in [0.1, 0.15) is 42.1 Å². The minimum absolute atomic E-state index is 0.149. The molecule has 2 heterocycles. The molecule has 29 heavy (non-hydrogen) atoms. The number of carbonyl (C=O) groups excluding carboxylic acids is 1. The first-order valence-electron chi connectivity index (χ1n) is 9.77. The average Bonchev–Trinajstić information content (AvgIpc) is 3.16. The minimum Gasteiger partial charge on any atom is -0.303 e. The summed E-state index contributed by atoms with van der Waals surface area (Å²) in [6, 6.07) is 7.11. The van der Waals surface area contributed by atoms with Crippen LogP contribution in [0.2, 0.25) is 0 Å². The summed E-state index contributed by atoms with van der Waals surface area (Å²) >= 11 is 0.838. The molecule has 1 aromatic carbocycles. The summed E-state index contributed by atoms with van der Waals surface area (Å²) in [5.74, 6) is 0.431. The number of aromatic nitrogens is 2. The largest absolute Gasteiger partial charge is 0.303 e. The zero-order valence-electron chi connectivity index (χ0n) is 16.7. The van der Waals surface area contributed by atoms with E-state index < -0.39 is 10.0 Å². The van der Waals surface area contributed by atoms with E-state index in [4.69, 9.17) is 0 Å². The number of anilines is 1. The molecular weight excluding hydrogens is 410 g/mol. The lowest BCUT2D eigenvalue weighted by molar-refractivity contribution is 0.102. The lowest BCUT2D eigenvalue weighted by Crippen LogP contribution is -2.35. The highest BCUT2D eigenvalue weighted by molar-refractivity contribution is 7.91. The number of hydrogen-bond acceptors (Lipinski definition) is 7. The number of amides is 1. The maximum atomic E-state index is 12.4. The van der Waals surface area contributed by atoms with Crippen LogP contribution in [0.15, 0.2) is 28.6 Å². The number of benzene rings is 1. The van der Waals surface area contributed by atoms with Crippen molar-refractivity contribution in [3.63, 3.8) is 0 Å². The molecule has 0 radical (unpaired) electrons. The Labute approximate surface area is 175 Å². The Bertz CT molecular complexity index is 937. The monoisotopic (exact) mass is 437 g/mol. The Morgan fingerprint density at radius 3 is 2.76 bits per heavy atom. The molecule has 1 aromatic heterocycles. The molecule has 0 saturated carbocycles. The normalized spacial score (nSPS) is 16.1. The van der Waals surface area contributed by atoms with Crippen molar-refractivity contribution < 1.29 is 13.2 Å². The van der Waals surface area contributed by atoms with Crippen LogP contribution < -0.4 is 10.0 Å². The van der Waals surface area contributed by atoms with Gasteiger partial charge >= 0.3 is 0 Å². The molecule has 0 atom stereocenters. The van der Waals surface area contributed by atoms with Gasteiger partial charge in [0, 0.05) is 12.1 Å². The summed E-state index contributed by atoms with van der Waals surface area (Å²) in [5, 5.41) is 10.3. The first-order valence-corrected chi connectivity index (χ1v) is 12.1. The van der Waals surface area contributed by atoms with Crippen molar-refractivity contribution in [3.05, 3.63) is 35.4 Å². The predicted molar refractivity (Wildman–Crippen MR) is 114 cm³/mol. The number of nitrogens with zero attached hydrogens (tertiary/aromatic N) is 3. The number of piperidine rings is 1. The lowest BCUT2D eigenvalue weighted by atomic mass is 9.99. The van der Waals surface area contributed by atoms with Crippen molar-refractivity contribution in [3.8, 4) is 0 Å². The number of carbonyl (C=O) groups is 1. The number of likely N-dealkylation sites (tertiary alicyclic amines) is 1. The van der Waals surface area contributed by atoms with E-state index in [1.54, 1.807) is 18.2 Å². The summed E-state index contributed by atoms with van der Waals surface area (Å²) < 4.78 is 27.2. The van der Waals surface area contributed by atoms with Crippen LogP contribution in [0.3, 0.4) is 0 Å². The van der Waals surface area contributed by atoms with Crippen LogP contribution >= 0.6 is 11.3 Å². The molecule has 1 aliphatic rings. The van der Waals surface area contributed by atoms with Crippen molar-refractivity contribution in [2.75, 3.05) is 31.5 Å². The van der Waals surface area contributed by atoms with Crippen molar-refractivity contribution in [2.45, 2.75) is 37.4 Å². The highest BCUT2D eigenvalue weighted by Gasteiger charge is 2.21. The van der Waals surface area contributed by atoms with Gasteiger partial charge in [-0.2, -0.15) is 0 Å². The predicted octanol–water partition coefficient (Wildman–Crippen LogP) is 2.50. The third kappa shape index (κ3) is 6.30. The van der Waals surface area contributed by atoms with Crippen LogP contribution in [0.25, 0.3) is 0 Å². The Balaban J connectivity index is 1.48. The standard InChI is InChI=1S/C19H27N5O3S2/c1-14-7-11-24(12-8-14)10-4-9-20-29(26,27)19-23-22-18(28-19)21-17(25)16-6-3-5-15(2)13-16/h3,5-6,13-14,20H,4,7-12H2,1-2H3,(H,21,22,25).